The van der Waals surface area contributed by atoms with E-state index in [1.54, 1.807) is 0 Å². The zero-order valence-electron chi connectivity index (χ0n) is 11.4. The molecule has 0 N–H and O–H groups in total. The zero-order chi connectivity index (χ0) is 12.1. The highest BCUT2D eigenvalue weighted by molar-refractivity contribution is 9.09. The van der Waals surface area contributed by atoms with Crippen molar-refractivity contribution in [2.75, 3.05) is 25.0 Å². The summed E-state index contributed by atoms with van der Waals surface area (Å²) in [6.07, 6.45) is 11.5. The molecule has 2 heteroatoms. The van der Waals surface area contributed by atoms with Gasteiger partial charge in [0.05, 0.1) is 0 Å². The van der Waals surface area contributed by atoms with Crippen LogP contribution < -0.4 is 0 Å². The van der Waals surface area contributed by atoms with Crippen molar-refractivity contribution < 1.29 is 0 Å². The average Bonchev–Trinajstić information content (AvgIpc) is 2.41. The second kappa shape index (κ2) is 6.56. The van der Waals surface area contributed by atoms with Crippen LogP contribution in [0.1, 0.15) is 58.3 Å². The predicted octanol–water partition coefficient (Wildman–Crippen LogP) is 4.45. The molecule has 0 unspecified atom stereocenters. The van der Waals surface area contributed by atoms with E-state index in [9.17, 15) is 0 Å². The van der Waals surface area contributed by atoms with Gasteiger partial charge in [0.15, 0.2) is 0 Å². The smallest absolute Gasteiger partial charge is 0.0100 e. The molecule has 2 rings (SSSR count). The van der Waals surface area contributed by atoms with E-state index in [0.717, 1.165) is 5.92 Å². The second-order valence-electron chi connectivity index (χ2n) is 6.32. The molecule has 0 spiro atoms. The van der Waals surface area contributed by atoms with E-state index in [2.05, 4.69) is 27.8 Å². The Hall–Kier alpha value is 0.440. The van der Waals surface area contributed by atoms with Gasteiger partial charge in [-0.3, -0.25) is 0 Å². The quantitative estimate of drug-likeness (QED) is 0.693. The van der Waals surface area contributed by atoms with E-state index in [1.165, 1.54) is 76.3 Å². The van der Waals surface area contributed by atoms with Crippen molar-refractivity contribution in [3.8, 4) is 0 Å². The fourth-order valence-electron chi connectivity index (χ4n) is 3.66. The lowest BCUT2D eigenvalue weighted by molar-refractivity contribution is 0.0950. The third-order valence-electron chi connectivity index (χ3n) is 5.04. The van der Waals surface area contributed by atoms with Gasteiger partial charge in [-0.25, -0.2) is 0 Å². The number of halogens is 1. The van der Waals surface area contributed by atoms with E-state index in [1.807, 2.05) is 0 Å². The molecule has 1 saturated carbocycles. The molecule has 0 aromatic heterocycles. The van der Waals surface area contributed by atoms with E-state index < -0.39 is 0 Å². The first-order valence-electron chi connectivity index (χ1n) is 7.56. The lowest BCUT2D eigenvalue weighted by atomic mass is 9.75. The number of hydrogen-bond acceptors (Lipinski definition) is 1. The Morgan fingerprint density at radius 3 is 2.29 bits per heavy atom. The minimum absolute atomic E-state index is 0.608. The van der Waals surface area contributed by atoms with Gasteiger partial charge in [0.25, 0.3) is 0 Å². The molecule has 2 aliphatic rings. The molecule has 100 valence electrons. The van der Waals surface area contributed by atoms with Crippen LogP contribution in [0.25, 0.3) is 0 Å². The maximum Gasteiger partial charge on any atom is 0.0100 e. The van der Waals surface area contributed by atoms with Crippen molar-refractivity contribution in [2.24, 2.45) is 11.3 Å². The third kappa shape index (κ3) is 3.70. The Balaban J connectivity index is 1.82. The first kappa shape index (κ1) is 13.9. The predicted molar refractivity (Wildman–Crippen MR) is 78.8 cm³/mol. The maximum atomic E-state index is 3.79. The summed E-state index contributed by atoms with van der Waals surface area (Å²) in [5.74, 6) is 1.01. The van der Waals surface area contributed by atoms with Crippen molar-refractivity contribution in [1.82, 2.24) is 4.90 Å². The summed E-state index contributed by atoms with van der Waals surface area (Å²) in [6.45, 7) is 6.41. The number of likely N-dealkylation sites (tertiary alicyclic amines) is 1. The highest BCUT2D eigenvalue weighted by atomic mass is 79.9. The van der Waals surface area contributed by atoms with Crippen LogP contribution in [0.3, 0.4) is 0 Å². The van der Waals surface area contributed by atoms with E-state index >= 15 is 0 Å². The average molecular weight is 302 g/mol. The normalized spacial score (nSPS) is 27.2. The number of alkyl halides is 1. The molecule has 1 aliphatic carbocycles. The standard InChI is InChI=1S/C15H28BrN/c1-2-14-6-10-17(11-7-14)13-15(12-16)8-4-3-5-9-15/h14H,2-13H2,1H3. The lowest BCUT2D eigenvalue weighted by Gasteiger charge is -2.42. The van der Waals surface area contributed by atoms with Crippen LogP contribution in [0, 0.1) is 11.3 Å². The minimum atomic E-state index is 0.608. The fraction of sp³-hybridized carbons (Fsp3) is 1.00. The molecule has 0 radical (unpaired) electrons. The summed E-state index contributed by atoms with van der Waals surface area (Å²) < 4.78 is 0. The van der Waals surface area contributed by atoms with Crippen molar-refractivity contribution in [3.63, 3.8) is 0 Å². The van der Waals surface area contributed by atoms with Crippen LogP contribution >= 0.6 is 15.9 Å². The molecule has 1 heterocycles. The maximum absolute atomic E-state index is 3.79. The molecule has 0 atom stereocenters. The van der Waals surface area contributed by atoms with Gasteiger partial charge in [0.1, 0.15) is 0 Å². The van der Waals surface area contributed by atoms with Crippen molar-refractivity contribution in [1.29, 1.82) is 0 Å². The summed E-state index contributed by atoms with van der Waals surface area (Å²) in [5, 5.41) is 1.22. The fourth-order valence-corrected chi connectivity index (χ4v) is 4.40. The SMILES string of the molecule is CCC1CCN(CC2(CBr)CCCCC2)CC1. The molecule has 1 aliphatic heterocycles. The van der Waals surface area contributed by atoms with Gasteiger partial charge < -0.3 is 4.90 Å². The first-order chi connectivity index (χ1) is 8.28. The molecular formula is C15H28BrN. The van der Waals surface area contributed by atoms with E-state index in [4.69, 9.17) is 0 Å². The van der Waals surface area contributed by atoms with Crippen LogP contribution in [-0.4, -0.2) is 29.9 Å². The van der Waals surface area contributed by atoms with Gasteiger partial charge in [0, 0.05) is 11.9 Å². The largest absolute Gasteiger partial charge is 0.303 e. The van der Waals surface area contributed by atoms with Crippen molar-refractivity contribution in [2.45, 2.75) is 58.3 Å². The summed E-state index contributed by atoms with van der Waals surface area (Å²) in [6, 6.07) is 0. The van der Waals surface area contributed by atoms with Gasteiger partial charge in [-0.05, 0) is 50.1 Å². The number of rotatable bonds is 4. The van der Waals surface area contributed by atoms with Crippen molar-refractivity contribution >= 4 is 15.9 Å². The van der Waals surface area contributed by atoms with Crippen LogP contribution in [0.5, 0.6) is 0 Å². The summed E-state index contributed by atoms with van der Waals surface area (Å²) in [5.41, 5.74) is 0.608. The molecule has 0 aromatic rings. The monoisotopic (exact) mass is 301 g/mol. The zero-order valence-corrected chi connectivity index (χ0v) is 13.0. The topological polar surface area (TPSA) is 3.24 Å². The molecule has 2 fully saturated rings. The Kier molecular flexibility index (Phi) is 5.35. The third-order valence-corrected chi connectivity index (χ3v) is 6.23. The number of piperidine rings is 1. The van der Waals surface area contributed by atoms with Crippen LogP contribution in [0.4, 0.5) is 0 Å². The summed E-state index contributed by atoms with van der Waals surface area (Å²) in [7, 11) is 0. The Morgan fingerprint density at radius 2 is 1.76 bits per heavy atom. The Labute approximate surface area is 115 Å². The minimum Gasteiger partial charge on any atom is -0.303 e. The summed E-state index contributed by atoms with van der Waals surface area (Å²) in [4.78, 5) is 2.75. The van der Waals surface area contributed by atoms with Gasteiger partial charge in [-0.15, -0.1) is 0 Å². The Morgan fingerprint density at radius 1 is 1.12 bits per heavy atom. The molecular weight excluding hydrogens is 274 g/mol. The molecule has 17 heavy (non-hydrogen) atoms. The van der Waals surface area contributed by atoms with Crippen LogP contribution in [-0.2, 0) is 0 Å². The van der Waals surface area contributed by atoms with Gasteiger partial charge in [0.2, 0.25) is 0 Å². The molecule has 0 bridgehead atoms. The van der Waals surface area contributed by atoms with Gasteiger partial charge in [-0.2, -0.15) is 0 Å². The van der Waals surface area contributed by atoms with Crippen LogP contribution in [0.15, 0.2) is 0 Å². The number of hydrogen-bond donors (Lipinski definition) is 0. The van der Waals surface area contributed by atoms with E-state index in [-0.39, 0.29) is 0 Å². The highest BCUT2D eigenvalue weighted by Crippen LogP contribution is 2.39. The van der Waals surface area contributed by atoms with Gasteiger partial charge in [-0.1, -0.05) is 48.5 Å². The molecule has 0 aromatic carbocycles. The van der Waals surface area contributed by atoms with Gasteiger partial charge >= 0.3 is 0 Å². The first-order valence-corrected chi connectivity index (χ1v) is 8.68. The molecule has 0 amide bonds. The Bertz CT molecular complexity index is 215. The highest BCUT2D eigenvalue weighted by Gasteiger charge is 2.33. The number of nitrogens with zero attached hydrogens (tertiary/aromatic N) is 1. The van der Waals surface area contributed by atoms with Crippen LogP contribution in [0.2, 0.25) is 0 Å². The van der Waals surface area contributed by atoms with E-state index in [0.29, 0.717) is 5.41 Å². The second-order valence-corrected chi connectivity index (χ2v) is 6.88. The lowest BCUT2D eigenvalue weighted by Crippen LogP contribution is -2.43. The summed E-state index contributed by atoms with van der Waals surface area (Å²) >= 11 is 3.79. The molecule has 1 saturated heterocycles. The van der Waals surface area contributed by atoms with Crippen molar-refractivity contribution in [3.05, 3.63) is 0 Å². The molecule has 1 nitrogen and oxygen atoms in total.